The minimum absolute atomic E-state index is 0.0546. The molecule has 1 aromatic carbocycles. The van der Waals surface area contributed by atoms with Gasteiger partial charge in [-0.15, -0.1) is 0 Å². The third-order valence-corrected chi connectivity index (χ3v) is 2.38. The highest BCUT2D eigenvalue weighted by Crippen LogP contribution is 2.29. The van der Waals surface area contributed by atoms with Crippen molar-refractivity contribution in [2.75, 3.05) is 7.11 Å². The smallest absolute Gasteiger partial charge is 0.307 e. The zero-order valence-corrected chi connectivity index (χ0v) is 9.58. The highest BCUT2D eigenvalue weighted by Gasteiger charge is 2.16. The van der Waals surface area contributed by atoms with Crippen molar-refractivity contribution in [2.24, 2.45) is 0 Å². The van der Waals surface area contributed by atoms with Gasteiger partial charge < -0.3 is 9.84 Å². The molecule has 0 spiro atoms. The van der Waals surface area contributed by atoms with Crippen LogP contribution in [0, 0.1) is 5.82 Å². The molecule has 1 aromatic rings. The van der Waals surface area contributed by atoms with E-state index in [1.54, 1.807) is 0 Å². The Morgan fingerprint density at radius 1 is 1.50 bits per heavy atom. The maximum Gasteiger partial charge on any atom is 0.307 e. The molecule has 0 bridgehead atoms. The van der Waals surface area contributed by atoms with E-state index in [2.05, 4.69) is 0 Å². The van der Waals surface area contributed by atoms with Gasteiger partial charge in [-0.1, -0.05) is 13.8 Å². The topological polar surface area (TPSA) is 46.5 Å². The highest BCUT2D eigenvalue weighted by molar-refractivity contribution is 5.72. The highest BCUT2D eigenvalue weighted by atomic mass is 19.1. The van der Waals surface area contributed by atoms with E-state index in [9.17, 15) is 9.18 Å². The SMILES string of the molecule is COc1cc(F)cc(C(C)C)c1CC(=O)O. The standard InChI is InChI=1S/C12H15FO3/c1-7(2)9-4-8(13)5-11(16-3)10(9)6-12(14)15/h4-5,7H,6H2,1-3H3,(H,14,15). The summed E-state index contributed by atoms with van der Waals surface area (Å²) in [4.78, 5) is 10.7. The number of rotatable bonds is 4. The van der Waals surface area contributed by atoms with Gasteiger partial charge in [0.15, 0.2) is 0 Å². The second kappa shape index (κ2) is 4.96. The quantitative estimate of drug-likeness (QED) is 0.858. The van der Waals surface area contributed by atoms with Gasteiger partial charge in [-0.05, 0) is 17.5 Å². The monoisotopic (exact) mass is 226 g/mol. The van der Waals surface area contributed by atoms with Crippen LogP contribution in [-0.2, 0) is 11.2 Å². The molecule has 16 heavy (non-hydrogen) atoms. The normalized spacial score (nSPS) is 10.6. The minimum Gasteiger partial charge on any atom is -0.496 e. The molecular weight excluding hydrogens is 211 g/mol. The van der Waals surface area contributed by atoms with Crippen LogP contribution in [0.15, 0.2) is 12.1 Å². The summed E-state index contributed by atoms with van der Waals surface area (Å²) in [5.74, 6) is -1.01. The van der Waals surface area contributed by atoms with E-state index in [0.717, 1.165) is 0 Å². The molecule has 0 saturated heterocycles. The Hall–Kier alpha value is -1.58. The Morgan fingerprint density at radius 2 is 2.12 bits per heavy atom. The molecule has 88 valence electrons. The summed E-state index contributed by atoms with van der Waals surface area (Å²) in [6, 6.07) is 2.58. The Bertz CT molecular complexity index is 399. The zero-order valence-electron chi connectivity index (χ0n) is 9.58. The van der Waals surface area contributed by atoms with Gasteiger partial charge in [-0.25, -0.2) is 4.39 Å². The van der Waals surface area contributed by atoms with E-state index < -0.39 is 11.8 Å². The van der Waals surface area contributed by atoms with E-state index >= 15 is 0 Å². The van der Waals surface area contributed by atoms with Crippen LogP contribution in [0.4, 0.5) is 4.39 Å². The van der Waals surface area contributed by atoms with Crippen molar-refractivity contribution in [3.63, 3.8) is 0 Å². The summed E-state index contributed by atoms with van der Waals surface area (Å²) in [6.07, 6.45) is -0.156. The molecule has 0 atom stereocenters. The molecule has 0 fully saturated rings. The molecule has 0 heterocycles. The van der Waals surface area contributed by atoms with Gasteiger partial charge in [0.05, 0.1) is 13.5 Å². The fourth-order valence-corrected chi connectivity index (χ4v) is 1.67. The summed E-state index contributed by atoms with van der Waals surface area (Å²) in [6.45, 7) is 3.78. The minimum atomic E-state index is -0.952. The lowest BCUT2D eigenvalue weighted by atomic mass is 9.94. The van der Waals surface area contributed by atoms with E-state index in [4.69, 9.17) is 9.84 Å². The summed E-state index contributed by atoms with van der Waals surface area (Å²) >= 11 is 0. The lowest BCUT2D eigenvalue weighted by molar-refractivity contribution is -0.136. The molecule has 0 aliphatic rings. The van der Waals surface area contributed by atoms with Crippen LogP contribution in [0.3, 0.4) is 0 Å². The first kappa shape index (κ1) is 12.5. The Kier molecular flexibility index (Phi) is 3.88. The number of aliphatic carboxylic acids is 1. The molecule has 0 amide bonds. The van der Waals surface area contributed by atoms with E-state index in [1.807, 2.05) is 13.8 Å². The molecule has 1 rings (SSSR count). The predicted octanol–water partition coefficient (Wildman–Crippen LogP) is 2.58. The molecule has 0 aliphatic heterocycles. The van der Waals surface area contributed by atoms with Crippen LogP contribution in [0.5, 0.6) is 5.75 Å². The molecule has 1 N–H and O–H groups in total. The fraction of sp³-hybridized carbons (Fsp3) is 0.417. The molecular formula is C12H15FO3. The Morgan fingerprint density at radius 3 is 2.56 bits per heavy atom. The lowest BCUT2D eigenvalue weighted by Crippen LogP contribution is -2.07. The maximum absolute atomic E-state index is 13.3. The van der Waals surface area contributed by atoms with Crippen molar-refractivity contribution in [1.29, 1.82) is 0 Å². The first-order chi connectivity index (χ1) is 7.45. The van der Waals surface area contributed by atoms with Crippen molar-refractivity contribution in [2.45, 2.75) is 26.2 Å². The van der Waals surface area contributed by atoms with Gasteiger partial charge in [-0.2, -0.15) is 0 Å². The average molecular weight is 226 g/mol. The number of hydrogen-bond acceptors (Lipinski definition) is 2. The Labute approximate surface area is 93.9 Å². The number of hydrogen-bond donors (Lipinski definition) is 1. The number of methoxy groups -OCH3 is 1. The number of halogens is 1. The number of carboxylic acid groups (broad SMARTS) is 1. The molecule has 4 heteroatoms. The average Bonchev–Trinajstić information content (AvgIpc) is 2.19. The van der Waals surface area contributed by atoms with Crippen molar-refractivity contribution in [1.82, 2.24) is 0 Å². The fourth-order valence-electron chi connectivity index (χ4n) is 1.67. The van der Waals surface area contributed by atoms with E-state index in [0.29, 0.717) is 16.9 Å². The molecule has 0 aliphatic carbocycles. The first-order valence-corrected chi connectivity index (χ1v) is 5.03. The van der Waals surface area contributed by atoms with Gasteiger partial charge in [0.1, 0.15) is 11.6 Å². The number of benzene rings is 1. The van der Waals surface area contributed by atoms with Crippen LogP contribution in [0.2, 0.25) is 0 Å². The molecule has 0 radical (unpaired) electrons. The first-order valence-electron chi connectivity index (χ1n) is 5.03. The maximum atomic E-state index is 13.3. The second-order valence-electron chi connectivity index (χ2n) is 3.90. The largest absolute Gasteiger partial charge is 0.496 e. The van der Waals surface area contributed by atoms with Crippen LogP contribution in [0.25, 0.3) is 0 Å². The van der Waals surface area contributed by atoms with Gasteiger partial charge in [-0.3, -0.25) is 4.79 Å². The van der Waals surface area contributed by atoms with Gasteiger partial charge >= 0.3 is 5.97 Å². The van der Waals surface area contributed by atoms with Crippen LogP contribution in [-0.4, -0.2) is 18.2 Å². The number of carboxylic acids is 1. The molecule has 0 saturated carbocycles. The van der Waals surface area contributed by atoms with E-state index in [1.165, 1.54) is 19.2 Å². The predicted molar refractivity (Wildman–Crippen MR) is 58.4 cm³/mol. The summed E-state index contributed by atoms with van der Waals surface area (Å²) in [7, 11) is 1.41. The van der Waals surface area contributed by atoms with Gasteiger partial charge in [0.2, 0.25) is 0 Å². The van der Waals surface area contributed by atoms with Gasteiger partial charge in [0, 0.05) is 11.6 Å². The van der Waals surface area contributed by atoms with Crippen molar-refractivity contribution in [3.8, 4) is 5.75 Å². The zero-order chi connectivity index (χ0) is 12.3. The summed E-state index contributed by atoms with van der Waals surface area (Å²) in [5, 5.41) is 8.81. The van der Waals surface area contributed by atoms with Crippen molar-refractivity contribution >= 4 is 5.97 Å². The third kappa shape index (κ3) is 2.72. The number of carbonyl (C=O) groups is 1. The van der Waals surface area contributed by atoms with Gasteiger partial charge in [0.25, 0.3) is 0 Å². The van der Waals surface area contributed by atoms with E-state index in [-0.39, 0.29) is 12.3 Å². The number of ether oxygens (including phenoxy) is 1. The molecule has 0 aromatic heterocycles. The Balaban J connectivity index is 3.32. The lowest BCUT2D eigenvalue weighted by Gasteiger charge is -2.15. The van der Waals surface area contributed by atoms with Crippen molar-refractivity contribution < 1.29 is 19.0 Å². The van der Waals surface area contributed by atoms with Crippen LogP contribution < -0.4 is 4.74 Å². The van der Waals surface area contributed by atoms with Crippen LogP contribution >= 0.6 is 0 Å². The molecule has 0 unspecified atom stereocenters. The van der Waals surface area contributed by atoms with Crippen LogP contribution in [0.1, 0.15) is 30.9 Å². The van der Waals surface area contributed by atoms with Crippen molar-refractivity contribution in [3.05, 3.63) is 29.1 Å². The summed E-state index contributed by atoms with van der Waals surface area (Å²) < 4.78 is 18.3. The molecule has 3 nitrogen and oxygen atoms in total. The second-order valence-corrected chi connectivity index (χ2v) is 3.90. The third-order valence-electron chi connectivity index (χ3n) is 2.38. The summed E-state index contributed by atoms with van der Waals surface area (Å²) in [5.41, 5.74) is 1.23.